The SMILES string of the molecule is CCCn1c(SCC(=O)N(/N=C/c2ccccc2)c2cccc(C(F)(F)F)c2)n[nH]c1=O. The van der Waals surface area contributed by atoms with Crippen molar-refractivity contribution in [2.75, 3.05) is 10.8 Å². The Balaban J connectivity index is 1.88. The van der Waals surface area contributed by atoms with E-state index in [1.165, 1.54) is 22.9 Å². The molecule has 7 nitrogen and oxygen atoms in total. The quantitative estimate of drug-likeness (QED) is 0.309. The predicted octanol–water partition coefficient (Wildman–Crippen LogP) is 4.16. The van der Waals surface area contributed by atoms with E-state index < -0.39 is 23.3 Å². The largest absolute Gasteiger partial charge is 0.416 e. The van der Waals surface area contributed by atoms with E-state index in [9.17, 15) is 22.8 Å². The molecule has 0 spiro atoms. The second-order valence-electron chi connectivity index (χ2n) is 6.66. The lowest BCUT2D eigenvalue weighted by molar-refractivity contribution is -0.137. The molecule has 0 aliphatic heterocycles. The van der Waals surface area contributed by atoms with Gasteiger partial charge in [-0.2, -0.15) is 18.3 Å². The minimum absolute atomic E-state index is 0.0226. The standard InChI is InChI=1S/C21H20F3N5O2S/c1-2-11-28-19(31)26-27-20(28)32-14-18(30)29(25-13-15-7-4-3-5-8-15)17-10-6-9-16(12-17)21(22,23)24/h3-10,12-13H,2,11,14H2,1H3,(H,26,31)/b25-13+. The summed E-state index contributed by atoms with van der Waals surface area (Å²) in [6.45, 7) is 2.32. The third-order valence-electron chi connectivity index (χ3n) is 4.27. The van der Waals surface area contributed by atoms with E-state index in [0.29, 0.717) is 23.7 Å². The van der Waals surface area contributed by atoms with Gasteiger partial charge in [-0.15, -0.1) is 5.10 Å². The smallest absolute Gasteiger partial charge is 0.272 e. The fraction of sp³-hybridized carbons (Fsp3) is 0.238. The van der Waals surface area contributed by atoms with Gasteiger partial charge in [0, 0.05) is 6.54 Å². The Kier molecular flexibility index (Phi) is 7.52. The number of hydrogen-bond acceptors (Lipinski definition) is 5. The van der Waals surface area contributed by atoms with Crippen molar-refractivity contribution in [1.29, 1.82) is 0 Å². The van der Waals surface area contributed by atoms with Crippen LogP contribution in [0.3, 0.4) is 0 Å². The van der Waals surface area contributed by atoms with Crippen molar-refractivity contribution in [3.05, 3.63) is 76.2 Å². The van der Waals surface area contributed by atoms with E-state index in [2.05, 4.69) is 15.3 Å². The first kappa shape index (κ1) is 23.3. The number of H-pyrrole nitrogens is 1. The average molecular weight is 463 g/mol. The maximum Gasteiger partial charge on any atom is 0.416 e. The summed E-state index contributed by atoms with van der Waals surface area (Å²) in [5, 5.41) is 11.6. The van der Waals surface area contributed by atoms with Gasteiger partial charge in [-0.05, 0) is 30.2 Å². The van der Waals surface area contributed by atoms with Gasteiger partial charge in [-0.1, -0.05) is 55.1 Å². The summed E-state index contributed by atoms with van der Waals surface area (Å²) in [5.41, 5.74) is -0.627. The highest BCUT2D eigenvalue weighted by Gasteiger charge is 2.31. The molecule has 0 aliphatic carbocycles. The molecule has 32 heavy (non-hydrogen) atoms. The lowest BCUT2D eigenvalue weighted by Crippen LogP contribution is -2.28. The van der Waals surface area contributed by atoms with Crippen LogP contribution in [-0.2, 0) is 17.5 Å². The summed E-state index contributed by atoms with van der Waals surface area (Å²) in [4.78, 5) is 24.8. The number of alkyl halides is 3. The molecule has 0 radical (unpaired) electrons. The summed E-state index contributed by atoms with van der Waals surface area (Å²) in [6.07, 6.45) is -2.48. The molecule has 1 heterocycles. The average Bonchev–Trinajstić information content (AvgIpc) is 3.12. The number of nitrogens with one attached hydrogen (secondary N) is 1. The van der Waals surface area contributed by atoms with Gasteiger partial charge in [0.2, 0.25) is 0 Å². The van der Waals surface area contributed by atoms with Gasteiger partial charge in [0.1, 0.15) is 0 Å². The third-order valence-corrected chi connectivity index (χ3v) is 5.23. The van der Waals surface area contributed by atoms with Gasteiger partial charge < -0.3 is 0 Å². The Morgan fingerprint density at radius 2 is 1.97 bits per heavy atom. The van der Waals surface area contributed by atoms with Crippen LogP contribution < -0.4 is 10.7 Å². The molecule has 1 aromatic heterocycles. The Labute approximate surface area is 185 Å². The number of aromatic nitrogens is 3. The molecule has 1 N–H and O–H groups in total. The molecule has 0 fully saturated rings. The van der Waals surface area contributed by atoms with Gasteiger partial charge in [0.25, 0.3) is 5.91 Å². The normalized spacial score (nSPS) is 11.8. The Morgan fingerprint density at radius 3 is 2.66 bits per heavy atom. The highest BCUT2D eigenvalue weighted by atomic mass is 32.2. The summed E-state index contributed by atoms with van der Waals surface area (Å²) >= 11 is 1.00. The van der Waals surface area contributed by atoms with Crippen LogP contribution in [0.15, 0.2) is 69.6 Å². The molecule has 3 aromatic rings. The highest BCUT2D eigenvalue weighted by Crippen LogP contribution is 2.32. The van der Waals surface area contributed by atoms with Crippen LogP contribution >= 0.6 is 11.8 Å². The molecule has 3 rings (SSSR count). The highest BCUT2D eigenvalue weighted by molar-refractivity contribution is 7.99. The van der Waals surface area contributed by atoms with Crippen LogP contribution in [0.5, 0.6) is 0 Å². The van der Waals surface area contributed by atoms with Crippen molar-refractivity contribution in [1.82, 2.24) is 14.8 Å². The molecule has 168 valence electrons. The Hall–Kier alpha value is -3.34. The molecule has 0 unspecified atom stereocenters. The van der Waals surface area contributed by atoms with Gasteiger partial charge >= 0.3 is 11.9 Å². The number of carbonyl (C=O) groups excluding carboxylic acids is 1. The van der Waals surface area contributed by atoms with Crippen LogP contribution in [-0.4, -0.2) is 32.6 Å². The van der Waals surface area contributed by atoms with Gasteiger partial charge in [0.05, 0.1) is 23.2 Å². The van der Waals surface area contributed by atoms with Crippen LogP contribution in [0.1, 0.15) is 24.5 Å². The number of hydrogen-bond donors (Lipinski definition) is 1. The number of rotatable bonds is 8. The van der Waals surface area contributed by atoms with Crippen molar-refractivity contribution >= 4 is 29.6 Å². The van der Waals surface area contributed by atoms with Gasteiger partial charge in [-0.25, -0.2) is 14.9 Å². The van der Waals surface area contributed by atoms with Gasteiger partial charge in [-0.3, -0.25) is 9.36 Å². The van der Waals surface area contributed by atoms with E-state index >= 15 is 0 Å². The van der Waals surface area contributed by atoms with Crippen molar-refractivity contribution in [2.45, 2.75) is 31.2 Å². The van der Waals surface area contributed by atoms with Crippen molar-refractivity contribution in [3.63, 3.8) is 0 Å². The minimum Gasteiger partial charge on any atom is -0.272 e. The summed E-state index contributed by atoms with van der Waals surface area (Å²) in [6, 6.07) is 13.2. The van der Waals surface area contributed by atoms with Crippen molar-refractivity contribution < 1.29 is 18.0 Å². The zero-order chi connectivity index (χ0) is 23.1. The fourth-order valence-corrected chi connectivity index (χ4v) is 3.59. The zero-order valence-electron chi connectivity index (χ0n) is 17.0. The first-order valence-electron chi connectivity index (χ1n) is 9.67. The number of hydrazone groups is 1. The number of benzene rings is 2. The third kappa shape index (κ3) is 5.88. The van der Waals surface area contributed by atoms with Crippen molar-refractivity contribution in [2.24, 2.45) is 5.10 Å². The molecule has 1 amide bonds. The minimum atomic E-state index is -4.56. The number of nitrogens with zero attached hydrogens (tertiary/aromatic N) is 4. The summed E-state index contributed by atoms with van der Waals surface area (Å²) < 4.78 is 40.9. The number of amides is 1. The molecule has 0 saturated carbocycles. The molecular formula is C21H20F3N5O2S. The molecule has 2 aromatic carbocycles. The second kappa shape index (κ2) is 10.3. The van der Waals surface area contributed by atoms with E-state index in [0.717, 1.165) is 28.9 Å². The molecule has 0 saturated heterocycles. The number of halogens is 3. The number of thioether (sulfide) groups is 1. The van der Waals surface area contributed by atoms with E-state index in [4.69, 9.17) is 0 Å². The first-order valence-corrected chi connectivity index (χ1v) is 10.7. The maximum atomic E-state index is 13.2. The lowest BCUT2D eigenvalue weighted by Gasteiger charge is -2.18. The maximum absolute atomic E-state index is 13.2. The summed E-state index contributed by atoms with van der Waals surface area (Å²) in [7, 11) is 0. The Morgan fingerprint density at radius 1 is 1.22 bits per heavy atom. The number of anilines is 1. The second-order valence-corrected chi connectivity index (χ2v) is 7.60. The van der Waals surface area contributed by atoms with E-state index in [1.54, 1.807) is 24.3 Å². The topological polar surface area (TPSA) is 83.3 Å². The van der Waals surface area contributed by atoms with Crippen LogP contribution in [0.4, 0.5) is 18.9 Å². The lowest BCUT2D eigenvalue weighted by atomic mass is 10.2. The molecule has 0 bridgehead atoms. The molecule has 0 aliphatic rings. The summed E-state index contributed by atoms with van der Waals surface area (Å²) in [5.74, 6) is -0.754. The zero-order valence-corrected chi connectivity index (χ0v) is 17.9. The Bertz CT molecular complexity index is 1140. The van der Waals surface area contributed by atoms with Gasteiger partial charge in [0.15, 0.2) is 5.16 Å². The van der Waals surface area contributed by atoms with E-state index in [1.807, 2.05) is 13.0 Å². The van der Waals surface area contributed by atoms with Crippen LogP contribution in [0.25, 0.3) is 0 Å². The fourth-order valence-electron chi connectivity index (χ4n) is 2.77. The van der Waals surface area contributed by atoms with E-state index in [-0.39, 0.29) is 11.4 Å². The van der Waals surface area contributed by atoms with Crippen LogP contribution in [0.2, 0.25) is 0 Å². The molecule has 0 atom stereocenters. The van der Waals surface area contributed by atoms with Crippen molar-refractivity contribution in [3.8, 4) is 0 Å². The number of aromatic amines is 1. The first-order chi connectivity index (χ1) is 15.3. The van der Waals surface area contributed by atoms with Crippen LogP contribution in [0, 0.1) is 0 Å². The predicted molar refractivity (Wildman–Crippen MR) is 117 cm³/mol. The number of carbonyl (C=O) groups is 1. The molecular weight excluding hydrogens is 443 g/mol. The molecule has 11 heteroatoms. The monoisotopic (exact) mass is 463 g/mol.